The average Bonchev–Trinajstić information content (AvgIpc) is 2.49. The van der Waals surface area contributed by atoms with Crippen molar-refractivity contribution in [3.63, 3.8) is 0 Å². The van der Waals surface area contributed by atoms with Gasteiger partial charge in [-0.3, -0.25) is 4.79 Å². The van der Waals surface area contributed by atoms with Crippen molar-refractivity contribution in [3.8, 4) is 6.07 Å². The van der Waals surface area contributed by atoms with Crippen LogP contribution in [0.25, 0.3) is 0 Å². The van der Waals surface area contributed by atoms with Crippen molar-refractivity contribution < 1.29 is 14.7 Å². The fourth-order valence-corrected chi connectivity index (χ4v) is 1.68. The monoisotopic (exact) mass is 289 g/mol. The highest BCUT2D eigenvalue weighted by molar-refractivity contribution is 5.73. The maximum Gasteiger partial charge on any atom is 0.315 e. The summed E-state index contributed by atoms with van der Waals surface area (Å²) in [5.74, 6) is -1.21. The Kier molecular flexibility index (Phi) is 6.75. The van der Waals surface area contributed by atoms with E-state index >= 15 is 0 Å². The van der Waals surface area contributed by atoms with Crippen LogP contribution in [0.2, 0.25) is 0 Å². The standard InChI is InChI=1S/C15H19N3O3/c1-11(14(19)20)3-2-8-17-15(21)18-10-13-6-4-12(9-16)5-7-13/h4-7,11H,2-3,8,10H2,1H3,(H,19,20)(H2,17,18,21). The van der Waals surface area contributed by atoms with E-state index in [2.05, 4.69) is 10.6 Å². The summed E-state index contributed by atoms with van der Waals surface area (Å²) in [4.78, 5) is 22.1. The summed E-state index contributed by atoms with van der Waals surface area (Å²) in [5.41, 5.74) is 1.49. The Hall–Kier alpha value is -2.55. The van der Waals surface area contributed by atoms with Crippen molar-refractivity contribution >= 4 is 12.0 Å². The molecule has 0 radical (unpaired) electrons. The summed E-state index contributed by atoms with van der Waals surface area (Å²) in [6.45, 7) is 2.47. The Labute approximate surface area is 123 Å². The molecule has 6 heteroatoms. The van der Waals surface area contributed by atoms with Gasteiger partial charge in [-0.05, 0) is 30.5 Å². The summed E-state index contributed by atoms with van der Waals surface area (Å²) < 4.78 is 0. The Bertz CT molecular complexity index is 520. The highest BCUT2D eigenvalue weighted by Gasteiger charge is 2.09. The molecule has 0 aliphatic heterocycles. The number of nitrogens with one attached hydrogen (secondary N) is 2. The molecule has 0 bridgehead atoms. The van der Waals surface area contributed by atoms with Crippen LogP contribution in [0.4, 0.5) is 4.79 Å². The van der Waals surface area contributed by atoms with E-state index in [9.17, 15) is 9.59 Å². The van der Waals surface area contributed by atoms with Crippen LogP contribution in [0.1, 0.15) is 30.9 Å². The lowest BCUT2D eigenvalue weighted by Crippen LogP contribution is -2.35. The van der Waals surface area contributed by atoms with Gasteiger partial charge in [0.2, 0.25) is 0 Å². The van der Waals surface area contributed by atoms with E-state index < -0.39 is 11.9 Å². The molecule has 1 atom stereocenters. The molecule has 0 heterocycles. The number of hydrogen-bond acceptors (Lipinski definition) is 3. The molecular weight excluding hydrogens is 270 g/mol. The second-order valence-electron chi connectivity index (χ2n) is 4.80. The lowest BCUT2D eigenvalue weighted by atomic mass is 10.1. The second kappa shape index (κ2) is 8.59. The van der Waals surface area contributed by atoms with Crippen molar-refractivity contribution in [1.82, 2.24) is 10.6 Å². The van der Waals surface area contributed by atoms with Gasteiger partial charge in [-0.1, -0.05) is 19.1 Å². The summed E-state index contributed by atoms with van der Waals surface area (Å²) in [6, 6.07) is 8.70. The third-order valence-electron chi connectivity index (χ3n) is 3.06. The molecule has 0 aliphatic rings. The number of hydrogen-bond donors (Lipinski definition) is 3. The van der Waals surface area contributed by atoms with Crippen molar-refractivity contribution in [2.45, 2.75) is 26.3 Å². The van der Waals surface area contributed by atoms with Crippen LogP contribution in [0.15, 0.2) is 24.3 Å². The molecule has 2 amide bonds. The highest BCUT2D eigenvalue weighted by atomic mass is 16.4. The SMILES string of the molecule is CC(CCCNC(=O)NCc1ccc(C#N)cc1)C(=O)O. The van der Waals surface area contributed by atoms with Gasteiger partial charge in [-0.2, -0.15) is 5.26 Å². The van der Waals surface area contributed by atoms with Gasteiger partial charge in [-0.25, -0.2) is 4.79 Å². The summed E-state index contributed by atoms with van der Waals surface area (Å²) in [6.07, 6.45) is 1.16. The van der Waals surface area contributed by atoms with Gasteiger partial charge in [0.15, 0.2) is 0 Å². The minimum Gasteiger partial charge on any atom is -0.481 e. The molecule has 0 saturated heterocycles. The Balaban J connectivity index is 2.19. The van der Waals surface area contributed by atoms with Gasteiger partial charge in [0.1, 0.15) is 0 Å². The van der Waals surface area contributed by atoms with Gasteiger partial charge in [0, 0.05) is 13.1 Å². The molecule has 112 valence electrons. The molecule has 0 aliphatic carbocycles. The van der Waals surface area contributed by atoms with Crippen LogP contribution in [-0.4, -0.2) is 23.7 Å². The van der Waals surface area contributed by atoms with Crippen LogP contribution >= 0.6 is 0 Å². The Morgan fingerprint density at radius 2 is 1.95 bits per heavy atom. The number of amides is 2. The third kappa shape index (κ3) is 6.43. The first kappa shape index (κ1) is 16.5. The van der Waals surface area contributed by atoms with Gasteiger partial charge in [0.25, 0.3) is 0 Å². The predicted octanol–water partition coefficient (Wildman–Crippen LogP) is 1.86. The molecule has 1 aromatic carbocycles. The fraction of sp³-hybridized carbons (Fsp3) is 0.400. The van der Waals surface area contributed by atoms with E-state index in [0.717, 1.165) is 5.56 Å². The van der Waals surface area contributed by atoms with E-state index in [1.54, 1.807) is 31.2 Å². The van der Waals surface area contributed by atoms with Crippen molar-refractivity contribution in [2.75, 3.05) is 6.54 Å². The number of carboxylic acids is 1. The zero-order chi connectivity index (χ0) is 15.7. The van der Waals surface area contributed by atoms with Crippen molar-refractivity contribution in [1.29, 1.82) is 5.26 Å². The van der Waals surface area contributed by atoms with Crippen LogP contribution in [0.3, 0.4) is 0 Å². The third-order valence-corrected chi connectivity index (χ3v) is 3.06. The lowest BCUT2D eigenvalue weighted by Gasteiger charge is -2.09. The second-order valence-corrected chi connectivity index (χ2v) is 4.80. The zero-order valence-corrected chi connectivity index (χ0v) is 11.9. The molecule has 0 aromatic heterocycles. The maximum atomic E-state index is 11.5. The van der Waals surface area contributed by atoms with Crippen molar-refractivity contribution in [2.24, 2.45) is 5.92 Å². The van der Waals surface area contributed by atoms with Gasteiger partial charge >= 0.3 is 12.0 Å². The number of urea groups is 1. The smallest absolute Gasteiger partial charge is 0.315 e. The first-order chi connectivity index (χ1) is 10.0. The van der Waals surface area contributed by atoms with Gasteiger partial charge in [-0.15, -0.1) is 0 Å². The number of nitrogens with zero attached hydrogens (tertiary/aromatic N) is 1. The molecule has 0 spiro atoms. The molecular formula is C15H19N3O3. The molecule has 3 N–H and O–H groups in total. The minimum atomic E-state index is -0.819. The van der Waals surface area contributed by atoms with E-state index in [0.29, 0.717) is 31.5 Å². The molecule has 6 nitrogen and oxygen atoms in total. The van der Waals surface area contributed by atoms with Gasteiger partial charge in [0.05, 0.1) is 17.6 Å². The van der Waals surface area contributed by atoms with Crippen LogP contribution in [0.5, 0.6) is 0 Å². The van der Waals surface area contributed by atoms with Crippen molar-refractivity contribution in [3.05, 3.63) is 35.4 Å². The van der Waals surface area contributed by atoms with E-state index in [-0.39, 0.29) is 6.03 Å². The first-order valence-electron chi connectivity index (χ1n) is 6.76. The normalized spacial score (nSPS) is 11.2. The summed E-state index contributed by atoms with van der Waals surface area (Å²) in [5, 5.41) is 22.8. The van der Waals surface area contributed by atoms with E-state index in [4.69, 9.17) is 10.4 Å². The van der Waals surface area contributed by atoms with E-state index in [1.807, 2.05) is 6.07 Å². The molecule has 21 heavy (non-hydrogen) atoms. The lowest BCUT2D eigenvalue weighted by molar-refractivity contribution is -0.141. The number of carbonyl (C=O) groups is 2. The molecule has 0 fully saturated rings. The largest absolute Gasteiger partial charge is 0.481 e. The fourth-order valence-electron chi connectivity index (χ4n) is 1.68. The average molecular weight is 289 g/mol. The minimum absolute atomic E-state index is 0.290. The summed E-state index contributed by atoms with van der Waals surface area (Å²) >= 11 is 0. The number of rotatable bonds is 7. The van der Waals surface area contributed by atoms with Crippen LogP contribution < -0.4 is 10.6 Å². The maximum absolute atomic E-state index is 11.5. The Morgan fingerprint density at radius 1 is 1.29 bits per heavy atom. The first-order valence-corrected chi connectivity index (χ1v) is 6.76. The number of aliphatic carboxylic acids is 1. The van der Waals surface area contributed by atoms with E-state index in [1.165, 1.54) is 0 Å². The number of carbonyl (C=O) groups excluding carboxylic acids is 1. The quantitative estimate of drug-likeness (QED) is 0.667. The summed E-state index contributed by atoms with van der Waals surface area (Å²) in [7, 11) is 0. The van der Waals surface area contributed by atoms with Gasteiger partial charge < -0.3 is 15.7 Å². The predicted molar refractivity (Wildman–Crippen MR) is 77.4 cm³/mol. The molecule has 1 unspecified atom stereocenters. The molecule has 0 saturated carbocycles. The molecule has 1 aromatic rings. The number of carboxylic acid groups (broad SMARTS) is 1. The topological polar surface area (TPSA) is 102 Å². The number of nitriles is 1. The zero-order valence-electron chi connectivity index (χ0n) is 11.9. The highest BCUT2D eigenvalue weighted by Crippen LogP contribution is 2.04. The van der Waals surface area contributed by atoms with Crippen LogP contribution in [-0.2, 0) is 11.3 Å². The van der Waals surface area contributed by atoms with Crippen LogP contribution in [0, 0.1) is 17.2 Å². The Morgan fingerprint density at radius 3 is 2.52 bits per heavy atom. The number of benzene rings is 1. The molecule has 1 rings (SSSR count).